The first kappa shape index (κ1) is 16.7. The lowest BCUT2D eigenvalue weighted by molar-refractivity contribution is -0.385. The SMILES string of the molecule is O=C(N/N=C\c1cc(Cl)cc([N+](=O)[O-])c1O)c1cccc(Cl)c1. The summed E-state index contributed by atoms with van der Waals surface area (Å²) in [5, 5.41) is 24.7. The van der Waals surface area contributed by atoms with E-state index in [1.165, 1.54) is 12.1 Å². The van der Waals surface area contributed by atoms with Crippen LogP contribution in [0.1, 0.15) is 15.9 Å². The zero-order valence-electron chi connectivity index (χ0n) is 11.4. The maximum atomic E-state index is 11.8. The Kier molecular flexibility index (Phi) is 5.15. The predicted octanol–water partition coefficient (Wildman–Crippen LogP) is 3.37. The first-order valence-corrected chi connectivity index (χ1v) is 6.90. The van der Waals surface area contributed by atoms with E-state index in [0.29, 0.717) is 5.02 Å². The molecule has 0 spiro atoms. The normalized spacial score (nSPS) is 10.7. The fourth-order valence-corrected chi connectivity index (χ4v) is 2.11. The molecular weight excluding hydrogens is 345 g/mol. The van der Waals surface area contributed by atoms with E-state index in [-0.39, 0.29) is 16.1 Å². The highest BCUT2D eigenvalue weighted by molar-refractivity contribution is 6.31. The summed E-state index contributed by atoms with van der Waals surface area (Å²) >= 11 is 11.5. The topological polar surface area (TPSA) is 105 Å². The summed E-state index contributed by atoms with van der Waals surface area (Å²) in [6, 6.07) is 8.50. The second-order valence-corrected chi connectivity index (χ2v) is 5.20. The lowest BCUT2D eigenvalue weighted by Gasteiger charge is -2.02. The summed E-state index contributed by atoms with van der Waals surface area (Å²) < 4.78 is 0. The van der Waals surface area contributed by atoms with Crippen LogP contribution >= 0.6 is 23.2 Å². The molecular formula is C14H9Cl2N3O4. The fraction of sp³-hybridized carbons (Fsp3) is 0. The quantitative estimate of drug-likeness (QED) is 0.499. The van der Waals surface area contributed by atoms with Crippen molar-refractivity contribution >= 4 is 41.0 Å². The van der Waals surface area contributed by atoms with E-state index in [0.717, 1.165) is 12.3 Å². The van der Waals surface area contributed by atoms with Crippen LogP contribution < -0.4 is 5.43 Å². The van der Waals surface area contributed by atoms with Crippen molar-refractivity contribution in [2.45, 2.75) is 0 Å². The van der Waals surface area contributed by atoms with Gasteiger partial charge in [-0.15, -0.1) is 0 Å². The Bertz CT molecular complexity index is 809. The van der Waals surface area contributed by atoms with Crippen LogP contribution in [0.2, 0.25) is 10.0 Å². The summed E-state index contributed by atoms with van der Waals surface area (Å²) in [5.41, 5.74) is 1.95. The smallest absolute Gasteiger partial charge is 0.312 e. The first-order chi connectivity index (χ1) is 10.9. The van der Waals surface area contributed by atoms with E-state index >= 15 is 0 Å². The minimum Gasteiger partial charge on any atom is -0.502 e. The molecule has 0 aliphatic heterocycles. The molecule has 0 aromatic heterocycles. The third-order valence-corrected chi connectivity index (χ3v) is 3.19. The van der Waals surface area contributed by atoms with Crippen LogP contribution in [-0.2, 0) is 0 Å². The number of aromatic hydroxyl groups is 1. The lowest BCUT2D eigenvalue weighted by atomic mass is 10.2. The highest BCUT2D eigenvalue weighted by atomic mass is 35.5. The van der Waals surface area contributed by atoms with Crippen molar-refractivity contribution in [3.05, 3.63) is 67.7 Å². The molecule has 0 radical (unpaired) electrons. The number of phenols is 1. The van der Waals surface area contributed by atoms with Gasteiger partial charge in [0.15, 0.2) is 0 Å². The molecule has 9 heteroatoms. The van der Waals surface area contributed by atoms with Crippen LogP contribution in [0.25, 0.3) is 0 Å². The number of amides is 1. The maximum Gasteiger partial charge on any atom is 0.312 e. The number of phenolic OH excluding ortho intramolecular Hbond substituents is 1. The Morgan fingerprint density at radius 2 is 2.00 bits per heavy atom. The van der Waals surface area contributed by atoms with Crippen LogP contribution in [0.5, 0.6) is 5.75 Å². The van der Waals surface area contributed by atoms with Crippen LogP contribution in [0.15, 0.2) is 41.5 Å². The molecule has 7 nitrogen and oxygen atoms in total. The Hall–Kier alpha value is -2.64. The monoisotopic (exact) mass is 353 g/mol. The second kappa shape index (κ2) is 7.08. The molecule has 2 rings (SSSR count). The van der Waals surface area contributed by atoms with Crippen LogP contribution in [-0.4, -0.2) is 22.2 Å². The molecule has 118 valence electrons. The molecule has 0 saturated carbocycles. The number of nitro benzene ring substituents is 1. The summed E-state index contributed by atoms with van der Waals surface area (Å²) in [5.74, 6) is -1.13. The van der Waals surface area contributed by atoms with Gasteiger partial charge >= 0.3 is 5.69 Å². The molecule has 2 aromatic carbocycles. The second-order valence-electron chi connectivity index (χ2n) is 4.33. The van der Waals surface area contributed by atoms with Gasteiger partial charge in [0, 0.05) is 27.2 Å². The fourth-order valence-electron chi connectivity index (χ4n) is 1.70. The minimum absolute atomic E-state index is 0.00408. The summed E-state index contributed by atoms with van der Waals surface area (Å²) in [7, 11) is 0. The zero-order valence-corrected chi connectivity index (χ0v) is 12.9. The highest BCUT2D eigenvalue weighted by Crippen LogP contribution is 2.32. The van der Waals surface area contributed by atoms with E-state index < -0.39 is 22.3 Å². The van der Waals surface area contributed by atoms with E-state index in [1.54, 1.807) is 18.2 Å². The van der Waals surface area contributed by atoms with Gasteiger partial charge in [-0.2, -0.15) is 5.10 Å². The van der Waals surface area contributed by atoms with E-state index in [2.05, 4.69) is 10.5 Å². The summed E-state index contributed by atoms with van der Waals surface area (Å²) in [6.45, 7) is 0. The van der Waals surface area contributed by atoms with Crippen molar-refractivity contribution in [1.82, 2.24) is 5.43 Å². The van der Waals surface area contributed by atoms with Crippen molar-refractivity contribution < 1.29 is 14.8 Å². The minimum atomic E-state index is -0.775. The number of hydrogen-bond acceptors (Lipinski definition) is 5. The van der Waals surface area contributed by atoms with Crippen LogP contribution in [0.3, 0.4) is 0 Å². The van der Waals surface area contributed by atoms with Crippen molar-refractivity contribution in [2.75, 3.05) is 0 Å². The predicted molar refractivity (Wildman–Crippen MR) is 86.3 cm³/mol. The van der Waals surface area contributed by atoms with Gasteiger partial charge in [0.1, 0.15) is 0 Å². The van der Waals surface area contributed by atoms with Gasteiger partial charge in [0.2, 0.25) is 5.75 Å². The third kappa shape index (κ3) is 4.18. The van der Waals surface area contributed by atoms with Gasteiger partial charge in [-0.3, -0.25) is 14.9 Å². The number of carbonyl (C=O) groups excluding carboxylic acids is 1. The number of benzene rings is 2. The van der Waals surface area contributed by atoms with Gasteiger partial charge in [0.05, 0.1) is 11.1 Å². The van der Waals surface area contributed by atoms with E-state index in [4.69, 9.17) is 23.2 Å². The van der Waals surface area contributed by atoms with Gasteiger partial charge in [-0.05, 0) is 24.3 Å². The Morgan fingerprint density at radius 1 is 1.26 bits per heavy atom. The number of nitrogens with zero attached hydrogens (tertiary/aromatic N) is 2. The lowest BCUT2D eigenvalue weighted by Crippen LogP contribution is -2.17. The Labute approximate surface area is 140 Å². The summed E-state index contributed by atoms with van der Waals surface area (Å²) in [4.78, 5) is 21.8. The number of carbonyl (C=O) groups is 1. The molecule has 0 aliphatic carbocycles. The number of nitrogens with one attached hydrogen (secondary N) is 1. The molecule has 0 heterocycles. The van der Waals surface area contributed by atoms with Gasteiger partial charge in [-0.1, -0.05) is 29.3 Å². The number of hydrogen-bond donors (Lipinski definition) is 2. The van der Waals surface area contributed by atoms with Crippen LogP contribution in [0, 0.1) is 10.1 Å². The van der Waals surface area contributed by atoms with E-state index in [1.807, 2.05) is 0 Å². The number of hydrazone groups is 1. The first-order valence-electron chi connectivity index (χ1n) is 6.14. The average Bonchev–Trinajstić information content (AvgIpc) is 2.49. The number of nitro groups is 1. The molecule has 0 bridgehead atoms. The van der Waals surface area contributed by atoms with Gasteiger partial charge < -0.3 is 5.11 Å². The molecule has 0 atom stereocenters. The van der Waals surface area contributed by atoms with Crippen molar-refractivity contribution in [3.63, 3.8) is 0 Å². The maximum absolute atomic E-state index is 11.8. The Balaban J connectivity index is 2.18. The van der Waals surface area contributed by atoms with Crippen molar-refractivity contribution in [2.24, 2.45) is 5.10 Å². The van der Waals surface area contributed by atoms with Gasteiger partial charge in [0.25, 0.3) is 5.91 Å². The number of rotatable bonds is 4. The van der Waals surface area contributed by atoms with E-state index in [9.17, 15) is 20.0 Å². The largest absolute Gasteiger partial charge is 0.502 e. The number of halogens is 2. The molecule has 23 heavy (non-hydrogen) atoms. The molecule has 2 aromatic rings. The standard InChI is InChI=1S/C14H9Cl2N3O4/c15-10-3-1-2-8(4-10)14(21)18-17-7-9-5-11(16)6-12(13(9)20)19(22)23/h1-7,20H,(H,18,21)/b17-7-. The molecule has 0 fully saturated rings. The molecule has 0 aliphatic rings. The molecule has 1 amide bonds. The zero-order chi connectivity index (χ0) is 17.0. The third-order valence-electron chi connectivity index (χ3n) is 2.74. The Morgan fingerprint density at radius 3 is 2.65 bits per heavy atom. The van der Waals surface area contributed by atoms with Crippen molar-refractivity contribution in [3.8, 4) is 5.75 Å². The molecule has 0 saturated heterocycles. The molecule has 2 N–H and O–H groups in total. The average molecular weight is 354 g/mol. The molecule has 0 unspecified atom stereocenters. The van der Waals surface area contributed by atoms with Gasteiger partial charge in [-0.25, -0.2) is 5.43 Å². The van der Waals surface area contributed by atoms with Crippen molar-refractivity contribution in [1.29, 1.82) is 0 Å². The highest BCUT2D eigenvalue weighted by Gasteiger charge is 2.17. The summed E-state index contributed by atoms with van der Waals surface area (Å²) in [6.07, 6.45) is 1.05. The van der Waals surface area contributed by atoms with Crippen LogP contribution in [0.4, 0.5) is 5.69 Å².